The van der Waals surface area contributed by atoms with E-state index >= 15 is 0 Å². The fourth-order valence-corrected chi connectivity index (χ4v) is 3.25. The molecule has 2 fully saturated rings. The summed E-state index contributed by atoms with van der Waals surface area (Å²) in [5.41, 5.74) is 1.12. The van der Waals surface area contributed by atoms with Crippen molar-refractivity contribution in [3.05, 3.63) is 18.1 Å². The molecular weight excluding hydrogens is 324 g/mol. The Morgan fingerprint density at radius 3 is 2.19 bits per heavy atom. The molecule has 0 spiro atoms. The monoisotopic (exact) mass is 362 g/mol. The molecule has 1 aromatic rings. The van der Waals surface area contributed by atoms with Gasteiger partial charge in [0.2, 0.25) is 6.41 Å². The van der Waals surface area contributed by atoms with Gasteiger partial charge in [0.15, 0.2) is 0 Å². The summed E-state index contributed by atoms with van der Waals surface area (Å²) in [6.07, 6.45) is 12.9. The predicted octanol–water partition coefficient (Wildman–Crippen LogP) is 5.00. The Kier molecular flexibility index (Phi) is 11.7. The topological polar surface area (TPSA) is 58.1 Å². The lowest BCUT2D eigenvalue weighted by molar-refractivity contribution is -0.118. The quantitative estimate of drug-likeness (QED) is 0.766. The number of aromatic nitrogens is 2. The van der Waals surface area contributed by atoms with Crippen molar-refractivity contribution in [1.82, 2.24) is 14.9 Å². The van der Waals surface area contributed by atoms with Gasteiger partial charge in [0, 0.05) is 30.9 Å². The number of hydrogen-bond acceptors (Lipinski definition) is 4. The van der Waals surface area contributed by atoms with Gasteiger partial charge in [-0.2, -0.15) is 0 Å². The Balaban J connectivity index is 0.000000284. The van der Waals surface area contributed by atoms with Crippen LogP contribution in [0.15, 0.2) is 12.4 Å². The van der Waals surface area contributed by atoms with E-state index in [1.165, 1.54) is 51.4 Å². The zero-order valence-corrected chi connectivity index (χ0v) is 17.2. The van der Waals surface area contributed by atoms with Crippen molar-refractivity contribution in [3.8, 4) is 0 Å². The molecule has 148 valence electrons. The number of anilines is 1. The van der Waals surface area contributed by atoms with E-state index < -0.39 is 0 Å². The first-order valence-corrected chi connectivity index (χ1v) is 10.5. The summed E-state index contributed by atoms with van der Waals surface area (Å²) in [7, 11) is 0. The number of rotatable bonds is 4. The summed E-state index contributed by atoms with van der Waals surface area (Å²) >= 11 is 0. The van der Waals surface area contributed by atoms with Crippen LogP contribution in [0.25, 0.3) is 0 Å². The van der Waals surface area contributed by atoms with Crippen LogP contribution in [0.1, 0.15) is 90.7 Å². The number of nitrogens with zero attached hydrogens (tertiary/aromatic N) is 3. The molecule has 1 saturated heterocycles. The van der Waals surface area contributed by atoms with Crippen LogP contribution in [-0.4, -0.2) is 40.4 Å². The second kappa shape index (κ2) is 13.5. The van der Waals surface area contributed by atoms with E-state index in [1.807, 2.05) is 18.7 Å². The molecule has 0 atom stereocenters. The van der Waals surface area contributed by atoms with Gasteiger partial charge in [0.25, 0.3) is 0 Å². The van der Waals surface area contributed by atoms with Gasteiger partial charge in [0.05, 0.1) is 0 Å². The number of piperidine rings is 1. The van der Waals surface area contributed by atoms with Crippen LogP contribution in [0, 0.1) is 0 Å². The summed E-state index contributed by atoms with van der Waals surface area (Å²) in [6.45, 7) is 10.3. The molecule has 3 rings (SSSR count). The van der Waals surface area contributed by atoms with Crippen LogP contribution in [0.5, 0.6) is 0 Å². The Morgan fingerprint density at radius 1 is 1.04 bits per heavy atom. The van der Waals surface area contributed by atoms with Crippen LogP contribution in [0.3, 0.4) is 0 Å². The molecule has 1 N–H and O–H groups in total. The first-order chi connectivity index (χ1) is 12.7. The normalized spacial score (nSPS) is 17.5. The third-order valence-corrected chi connectivity index (χ3v) is 4.78. The smallest absolute Gasteiger partial charge is 0.209 e. The molecule has 0 radical (unpaired) electrons. The van der Waals surface area contributed by atoms with E-state index in [4.69, 9.17) is 0 Å². The largest absolute Gasteiger partial charge is 0.367 e. The minimum atomic E-state index is 0.468. The Labute approximate surface area is 160 Å². The predicted molar refractivity (Wildman–Crippen MR) is 109 cm³/mol. The third-order valence-electron chi connectivity index (χ3n) is 4.78. The number of nitrogens with one attached hydrogen (secondary N) is 1. The van der Waals surface area contributed by atoms with Crippen LogP contribution in [0.4, 0.5) is 5.82 Å². The van der Waals surface area contributed by atoms with E-state index in [1.54, 1.807) is 6.33 Å². The summed E-state index contributed by atoms with van der Waals surface area (Å²) < 4.78 is 0. The molecule has 2 aliphatic rings. The number of amides is 1. The number of likely N-dealkylation sites (tertiary alicyclic amines) is 1. The average molecular weight is 363 g/mol. The maximum absolute atomic E-state index is 10.1. The standard InChI is InChI=1S/C13H21N3.C6H11NO.C2H6/c1-10(2)12-8-13(15-9-14-12)16-11-6-4-3-5-7-11;8-6-7-4-2-1-3-5-7;1-2/h8-11H,3-7H2,1-2H3,(H,14,15,16);6H,1-5H2;1-2H3. The van der Waals surface area contributed by atoms with Crippen molar-refractivity contribution >= 4 is 12.2 Å². The highest BCUT2D eigenvalue weighted by molar-refractivity contribution is 5.46. The average Bonchev–Trinajstić information content (AvgIpc) is 2.71. The lowest BCUT2D eigenvalue weighted by Gasteiger charge is -2.23. The molecule has 1 amide bonds. The van der Waals surface area contributed by atoms with Crippen molar-refractivity contribution in [2.75, 3.05) is 18.4 Å². The molecule has 2 heterocycles. The molecule has 0 unspecified atom stereocenters. The minimum Gasteiger partial charge on any atom is -0.367 e. The van der Waals surface area contributed by atoms with Crippen molar-refractivity contribution in [3.63, 3.8) is 0 Å². The highest BCUT2D eigenvalue weighted by Gasteiger charge is 2.13. The van der Waals surface area contributed by atoms with Crippen LogP contribution in [-0.2, 0) is 4.79 Å². The second-order valence-electron chi connectivity index (χ2n) is 7.16. The van der Waals surface area contributed by atoms with E-state index in [-0.39, 0.29) is 0 Å². The van der Waals surface area contributed by atoms with Crippen LogP contribution >= 0.6 is 0 Å². The van der Waals surface area contributed by atoms with Gasteiger partial charge >= 0.3 is 0 Å². The van der Waals surface area contributed by atoms with Gasteiger partial charge < -0.3 is 10.2 Å². The first kappa shape index (κ1) is 22.4. The lowest BCUT2D eigenvalue weighted by Crippen LogP contribution is -2.27. The lowest BCUT2D eigenvalue weighted by atomic mass is 9.95. The molecule has 0 bridgehead atoms. The van der Waals surface area contributed by atoms with Gasteiger partial charge in [-0.05, 0) is 38.0 Å². The molecule has 1 aromatic heterocycles. The van der Waals surface area contributed by atoms with E-state index in [9.17, 15) is 4.79 Å². The van der Waals surface area contributed by atoms with Crippen LogP contribution < -0.4 is 5.32 Å². The fraction of sp³-hybridized carbons (Fsp3) is 0.762. The molecular formula is C21H38N4O. The number of hydrogen-bond donors (Lipinski definition) is 1. The van der Waals surface area contributed by atoms with Crippen LogP contribution in [0.2, 0.25) is 0 Å². The zero-order valence-electron chi connectivity index (χ0n) is 17.2. The van der Waals surface area contributed by atoms with Gasteiger partial charge in [-0.1, -0.05) is 47.0 Å². The summed E-state index contributed by atoms with van der Waals surface area (Å²) in [4.78, 5) is 20.5. The van der Waals surface area contributed by atoms with Gasteiger partial charge in [0.1, 0.15) is 12.1 Å². The molecule has 26 heavy (non-hydrogen) atoms. The summed E-state index contributed by atoms with van der Waals surface area (Å²) in [5, 5.41) is 3.53. The van der Waals surface area contributed by atoms with Gasteiger partial charge in [-0.15, -0.1) is 0 Å². The maximum Gasteiger partial charge on any atom is 0.209 e. The van der Waals surface area contributed by atoms with Gasteiger partial charge in [-0.25, -0.2) is 9.97 Å². The molecule has 1 aliphatic heterocycles. The van der Waals surface area contributed by atoms with Crippen molar-refractivity contribution in [2.24, 2.45) is 0 Å². The van der Waals surface area contributed by atoms with Crippen molar-refractivity contribution in [1.29, 1.82) is 0 Å². The molecule has 1 aliphatic carbocycles. The molecule has 1 saturated carbocycles. The fourth-order valence-electron chi connectivity index (χ4n) is 3.25. The maximum atomic E-state index is 10.1. The highest BCUT2D eigenvalue weighted by atomic mass is 16.1. The first-order valence-electron chi connectivity index (χ1n) is 10.5. The third kappa shape index (κ3) is 8.63. The molecule has 5 nitrogen and oxygen atoms in total. The van der Waals surface area contributed by atoms with E-state index in [2.05, 4.69) is 35.2 Å². The molecule has 5 heteroatoms. The summed E-state index contributed by atoms with van der Waals surface area (Å²) in [5.74, 6) is 1.46. The van der Waals surface area contributed by atoms with Gasteiger partial charge in [-0.3, -0.25) is 4.79 Å². The van der Waals surface area contributed by atoms with Crippen molar-refractivity contribution in [2.45, 2.75) is 91.0 Å². The molecule has 0 aromatic carbocycles. The van der Waals surface area contributed by atoms with Crippen molar-refractivity contribution < 1.29 is 4.79 Å². The minimum absolute atomic E-state index is 0.468. The van der Waals surface area contributed by atoms with E-state index in [0.29, 0.717) is 12.0 Å². The SMILES string of the molecule is CC.CC(C)c1cc(NC2CCCCC2)ncn1.O=CN1CCCCC1. The summed E-state index contributed by atoms with van der Waals surface area (Å²) in [6, 6.07) is 2.70. The Morgan fingerprint density at radius 2 is 1.65 bits per heavy atom. The Hall–Kier alpha value is -1.65. The van der Waals surface area contributed by atoms with E-state index in [0.717, 1.165) is 31.0 Å². The number of carbonyl (C=O) groups is 1. The number of carbonyl (C=O) groups excluding carboxylic acids is 1. The Bertz CT molecular complexity index is 481. The zero-order chi connectivity index (χ0) is 19.2. The highest BCUT2D eigenvalue weighted by Crippen LogP contribution is 2.21. The second-order valence-corrected chi connectivity index (χ2v) is 7.16.